The van der Waals surface area contributed by atoms with Gasteiger partial charge in [0.2, 0.25) is 0 Å². The lowest BCUT2D eigenvalue weighted by Crippen LogP contribution is -2.31. The molecule has 0 aliphatic heterocycles. The molecule has 0 aliphatic carbocycles. The second kappa shape index (κ2) is 5.74. The Morgan fingerprint density at radius 1 is 1.42 bits per heavy atom. The van der Waals surface area contributed by atoms with Crippen LogP contribution in [-0.2, 0) is 10.3 Å². The monoisotopic (exact) mass is 263 g/mol. The number of hydrogen-bond acceptors (Lipinski definition) is 4. The SMILES string of the molecule is COCC(O)(CCCN)c1cc2cccc(C)c2o1. The first-order chi connectivity index (χ1) is 9.10. The van der Waals surface area contributed by atoms with Crippen molar-refractivity contribution < 1.29 is 14.3 Å². The molecule has 0 saturated heterocycles. The molecule has 0 aliphatic rings. The molecule has 1 atom stereocenters. The van der Waals surface area contributed by atoms with E-state index in [0.717, 1.165) is 23.0 Å². The third-order valence-corrected chi connectivity index (χ3v) is 3.38. The van der Waals surface area contributed by atoms with Crippen molar-refractivity contribution in [3.05, 3.63) is 35.6 Å². The van der Waals surface area contributed by atoms with E-state index < -0.39 is 5.60 Å². The quantitative estimate of drug-likeness (QED) is 0.839. The predicted octanol–water partition coefficient (Wildman–Crippen LogP) is 2.31. The minimum Gasteiger partial charge on any atom is -0.458 e. The van der Waals surface area contributed by atoms with Gasteiger partial charge in [0.05, 0.1) is 6.61 Å². The molecule has 2 rings (SSSR count). The molecule has 0 fully saturated rings. The molecule has 1 unspecified atom stereocenters. The van der Waals surface area contributed by atoms with Gasteiger partial charge in [-0.25, -0.2) is 0 Å². The number of rotatable bonds is 6. The molecule has 1 aromatic heterocycles. The molecular weight excluding hydrogens is 242 g/mol. The van der Waals surface area contributed by atoms with E-state index in [1.165, 1.54) is 0 Å². The van der Waals surface area contributed by atoms with Crippen LogP contribution in [0.5, 0.6) is 0 Å². The fourth-order valence-electron chi connectivity index (χ4n) is 2.34. The Morgan fingerprint density at radius 2 is 2.21 bits per heavy atom. The van der Waals surface area contributed by atoms with Gasteiger partial charge in [-0.15, -0.1) is 0 Å². The standard InChI is InChI=1S/C15H21NO3/c1-11-5-3-6-12-9-13(19-14(11)12)15(17,10-18-2)7-4-8-16/h3,5-6,9,17H,4,7-8,10,16H2,1-2H3. The number of para-hydroxylation sites is 1. The fourth-order valence-corrected chi connectivity index (χ4v) is 2.34. The minimum absolute atomic E-state index is 0.200. The van der Waals surface area contributed by atoms with Crippen molar-refractivity contribution >= 4 is 11.0 Å². The van der Waals surface area contributed by atoms with Crippen LogP contribution in [0.3, 0.4) is 0 Å². The van der Waals surface area contributed by atoms with Crippen molar-refractivity contribution in [2.75, 3.05) is 20.3 Å². The van der Waals surface area contributed by atoms with Crippen LogP contribution < -0.4 is 5.73 Å². The van der Waals surface area contributed by atoms with Gasteiger partial charge >= 0.3 is 0 Å². The summed E-state index contributed by atoms with van der Waals surface area (Å²) in [5.41, 5.74) is 6.29. The molecule has 0 radical (unpaired) electrons. The number of nitrogens with two attached hydrogens (primary N) is 1. The van der Waals surface area contributed by atoms with E-state index in [0.29, 0.717) is 18.7 Å². The van der Waals surface area contributed by atoms with Gasteiger partial charge in [0.25, 0.3) is 0 Å². The molecule has 104 valence electrons. The second-order valence-corrected chi connectivity index (χ2v) is 4.96. The van der Waals surface area contributed by atoms with Gasteiger partial charge in [-0.05, 0) is 37.9 Å². The van der Waals surface area contributed by atoms with Gasteiger partial charge in [-0.1, -0.05) is 18.2 Å². The van der Waals surface area contributed by atoms with Crippen molar-refractivity contribution in [2.24, 2.45) is 5.73 Å². The summed E-state index contributed by atoms with van der Waals surface area (Å²) in [7, 11) is 1.57. The molecule has 3 N–H and O–H groups in total. The van der Waals surface area contributed by atoms with E-state index in [1.807, 2.05) is 31.2 Å². The van der Waals surface area contributed by atoms with Crippen molar-refractivity contribution in [1.29, 1.82) is 0 Å². The van der Waals surface area contributed by atoms with Gasteiger partial charge < -0.3 is 20.0 Å². The average Bonchev–Trinajstić information content (AvgIpc) is 2.83. The summed E-state index contributed by atoms with van der Waals surface area (Å²) in [6, 6.07) is 7.83. The maximum absolute atomic E-state index is 10.7. The Hall–Kier alpha value is -1.36. The Bertz CT molecular complexity index is 549. The van der Waals surface area contributed by atoms with E-state index >= 15 is 0 Å². The number of methoxy groups -OCH3 is 1. The highest BCUT2D eigenvalue weighted by Crippen LogP contribution is 2.33. The molecule has 1 heterocycles. The molecule has 2 aromatic rings. The van der Waals surface area contributed by atoms with Crippen LogP contribution in [-0.4, -0.2) is 25.4 Å². The fraction of sp³-hybridized carbons (Fsp3) is 0.467. The van der Waals surface area contributed by atoms with Crippen molar-refractivity contribution in [3.63, 3.8) is 0 Å². The van der Waals surface area contributed by atoms with Crippen LogP contribution in [0.4, 0.5) is 0 Å². The van der Waals surface area contributed by atoms with Gasteiger partial charge in [-0.3, -0.25) is 0 Å². The second-order valence-electron chi connectivity index (χ2n) is 4.96. The van der Waals surface area contributed by atoms with E-state index in [1.54, 1.807) is 7.11 Å². The van der Waals surface area contributed by atoms with Crippen LogP contribution in [0, 0.1) is 6.92 Å². The number of furan rings is 1. The number of fused-ring (bicyclic) bond motifs is 1. The first kappa shape index (κ1) is 14.1. The molecule has 0 amide bonds. The molecule has 4 nitrogen and oxygen atoms in total. The zero-order valence-corrected chi connectivity index (χ0v) is 11.5. The lowest BCUT2D eigenvalue weighted by atomic mass is 9.95. The third kappa shape index (κ3) is 2.81. The topological polar surface area (TPSA) is 68.6 Å². The normalized spacial score (nSPS) is 14.7. The van der Waals surface area contributed by atoms with E-state index in [2.05, 4.69) is 0 Å². The minimum atomic E-state index is -1.11. The summed E-state index contributed by atoms with van der Waals surface area (Å²) in [6.45, 7) is 2.72. The lowest BCUT2D eigenvalue weighted by molar-refractivity contribution is -0.0567. The Morgan fingerprint density at radius 3 is 2.84 bits per heavy atom. The summed E-state index contributed by atoms with van der Waals surface area (Å²) in [5.74, 6) is 0.548. The van der Waals surface area contributed by atoms with Gasteiger partial charge in [-0.2, -0.15) is 0 Å². The maximum atomic E-state index is 10.7. The predicted molar refractivity (Wildman–Crippen MR) is 75.0 cm³/mol. The summed E-state index contributed by atoms with van der Waals surface area (Å²) in [6.07, 6.45) is 1.24. The zero-order chi connectivity index (χ0) is 13.9. The molecule has 0 spiro atoms. The van der Waals surface area contributed by atoms with Crippen LogP contribution >= 0.6 is 0 Å². The van der Waals surface area contributed by atoms with Gasteiger partial charge in [0, 0.05) is 12.5 Å². The molecule has 4 heteroatoms. The number of aliphatic hydroxyl groups is 1. The Kier molecular flexibility index (Phi) is 4.24. The highest BCUT2D eigenvalue weighted by molar-refractivity contribution is 5.81. The van der Waals surface area contributed by atoms with E-state index in [4.69, 9.17) is 14.9 Å². The molecule has 19 heavy (non-hydrogen) atoms. The third-order valence-electron chi connectivity index (χ3n) is 3.38. The average molecular weight is 263 g/mol. The van der Waals surface area contributed by atoms with Crippen molar-refractivity contribution in [2.45, 2.75) is 25.4 Å². The number of benzene rings is 1. The number of ether oxygens (including phenoxy) is 1. The number of aryl methyl sites for hydroxylation is 1. The number of hydrogen-bond donors (Lipinski definition) is 2. The van der Waals surface area contributed by atoms with Gasteiger partial charge in [0.1, 0.15) is 16.9 Å². The first-order valence-electron chi connectivity index (χ1n) is 6.52. The van der Waals surface area contributed by atoms with Crippen molar-refractivity contribution in [1.82, 2.24) is 0 Å². The highest BCUT2D eigenvalue weighted by atomic mass is 16.5. The lowest BCUT2D eigenvalue weighted by Gasteiger charge is -2.24. The molecule has 0 saturated carbocycles. The summed E-state index contributed by atoms with van der Waals surface area (Å²) in [4.78, 5) is 0. The molecule has 0 bridgehead atoms. The smallest absolute Gasteiger partial charge is 0.145 e. The molecule has 1 aromatic carbocycles. The highest BCUT2D eigenvalue weighted by Gasteiger charge is 2.32. The van der Waals surface area contributed by atoms with Crippen LogP contribution in [0.2, 0.25) is 0 Å². The largest absolute Gasteiger partial charge is 0.458 e. The van der Waals surface area contributed by atoms with Crippen LogP contribution in [0.1, 0.15) is 24.2 Å². The van der Waals surface area contributed by atoms with Gasteiger partial charge in [0.15, 0.2) is 0 Å². The molecular formula is C15H21NO3. The van der Waals surface area contributed by atoms with Crippen LogP contribution in [0.15, 0.2) is 28.7 Å². The van der Waals surface area contributed by atoms with E-state index in [-0.39, 0.29) is 6.61 Å². The Labute approximate surface area is 113 Å². The van der Waals surface area contributed by atoms with Crippen LogP contribution in [0.25, 0.3) is 11.0 Å². The van der Waals surface area contributed by atoms with Crippen molar-refractivity contribution in [3.8, 4) is 0 Å². The summed E-state index contributed by atoms with van der Waals surface area (Å²) in [5, 5.41) is 11.7. The zero-order valence-electron chi connectivity index (χ0n) is 11.5. The first-order valence-corrected chi connectivity index (χ1v) is 6.52. The Balaban J connectivity index is 2.41. The van der Waals surface area contributed by atoms with E-state index in [9.17, 15) is 5.11 Å². The summed E-state index contributed by atoms with van der Waals surface area (Å²) >= 11 is 0. The summed E-state index contributed by atoms with van der Waals surface area (Å²) < 4.78 is 11.0. The maximum Gasteiger partial charge on any atom is 0.145 e.